The van der Waals surface area contributed by atoms with E-state index in [9.17, 15) is 17.6 Å². The maximum absolute atomic E-state index is 13.9. The molecule has 35 heavy (non-hydrogen) atoms. The monoisotopic (exact) mass is 500 g/mol. The fourth-order valence-corrected chi connectivity index (χ4v) is 8.62. The molecule has 2 aromatic rings. The lowest BCUT2D eigenvalue weighted by Gasteiger charge is -2.59. The number of hydrogen-bond donors (Lipinski definition) is 2. The van der Waals surface area contributed by atoms with Crippen LogP contribution < -0.4 is 14.8 Å². The zero-order valence-electron chi connectivity index (χ0n) is 20.2. The third-order valence-corrected chi connectivity index (χ3v) is 10.0. The summed E-state index contributed by atoms with van der Waals surface area (Å²) < 4.78 is 49.3. The van der Waals surface area contributed by atoms with Gasteiger partial charge >= 0.3 is 0 Å². The number of nitrogens with one attached hydrogen (secondary N) is 2. The number of benzene rings is 2. The van der Waals surface area contributed by atoms with Gasteiger partial charge in [-0.3, -0.25) is 4.79 Å². The molecule has 2 aromatic carbocycles. The van der Waals surface area contributed by atoms with E-state index in [1.165, 1.54) is 50.6 Å². The van der Waals surface area contributed by atoms with E-state index >= 15 is 0 Å². The van der Waals surface area contributed by atoms with Gasteiger partial charge in [0.2, 0.25) is 10.0 Å². The second kappa shape index (κ2) is 9.21. The molecule has 4 bridgehead atoms. The van der Waals surface area contributed by atoms with Gasteiger partial charge in [0, 0.05) is 23.7 Å². The summed E-state index contributed by atoms with van der Waals surface area (Å²) in [5.41, 5.74) is 0.530. The van der Waals surface area contributed by atoms with Gasteiger partial charge in [-0.15, -0.1) is 0 Å². The fraction of sp³-hybridized carbons (Fsp3) is 0.519. The van der Waals surface area contributed by atoms with Crippen molar-refractivity contribution in [3.63, 3.8) is 0 Å². The van der Waals surface area contributed by atoms with E-state index in [4.69, 9.17) is 4.74 Å². The molecule has 2 N–H and O–H groups in total. The van der Waals surface area contributed by atoms with Crippen LogP contribution in [0, 0.1) is 29.0 Å². The van der Waals surface area contributed by atoms with Crippen molar-refractivity contribution in [1.29, 1.82) is 0 Å². The first-order valence-electron chi connectivity index (χ1n) is 12.4. The Hall–Kier alpha value is -2.45. The van der Waals surface area contributed by atoms with Crippen molar-refractivity contribution < 1.29 is 22.3 Å². The Kier molecular flexibility index (Phi) is 6.38. The number of methoxy groups -OCH3 is 1. The average molecular weight is 501 g/mol. The van der Waals surface area contributed by atoms with E-state index in [2.05, 4.69) is 10.0 Å². The van der Waals surface area contributed by atoms with Crippen LogP contribution in [0.4, 0.5) is 4.39 Å². The Bertz CT molecular complexity index is 1190. The van der Waals surface area contributed by atoms with E-state index < -0.39 is 21.7 Å². The lowest BCUT2D eigenvalue weighted by atomic mass is 9.48. The molecule has 1 unspecified atom stereocenters. The number of carbonyl (C=O) groups excluding carboxylic acids is 1. The molecule has 0 heterocycles. The smallest absolute Gasteiger partial charge is 0.251 e. The standard InChI is InChI=1S/C27H33FN2O4S/c1-17(27-13-18-9-19(14-27)11-20(10-18)15-27)30-35(32,33)25-12-21(7-8-24(25)34-2)26(31)29-16-22-5-3-4-6-23(22)28/h3-8,12,17-20,30H,9-11,13-16H2,1-2H3,(H,29,31). The minimum absolute atomic E-state index is 0.000916. The molecule has 0 aliphatic heterocycles. The molecule has 8 heteroatoms. The van der Waals surface area contributed by atoms with E-state index in [1.807, 2.05) is 6.92 Å². The molecule has 4 aliphatic carbocycles. The van der Waals surface area contributed by atoms with Crippen LogP contribution in [0.15, 0.2) is 47.4 Å². The zero-order valence-corrected chi connectivity index (χ0v) is 21.0. The topological polar surface area (TPSA) is 84.5 Å². The number of carbonyl (C=O) groups is 1. The zero-order chi connectivity index (χ0) is 24.8. The molecule has 0 aromatic heterocycles. The molecule has 4 saturated carbocycles. The molecule has 1 atom stereocenters. The highest BCUT2D eigenvalue weighted by Crippen LogP contribution is 2.61. The Morgan fingerprint density at radius 3 is 2.31 bits per heavy atom. The first kappa shape index (κ1) is 24.3. The quantitative estimate of drug-likeness (QED) is 0.553. The molecule has 0 radical (unpaired) electrons. The summed E-state index contributed by atoms with van der Waals surface area (Å²) in [6.07, 6.45) is 7.11. The van der Waals surface area contributed by atoms with Crippen LogP contribution in [-0.2, 0) is 16.6 Å². The predicted octanol–water partition coefficient (Wildman–Crippen LogP) is 4.65. The van der Waals surface area contributed by atoms with Crippen LogP contribution in [0.1, 0.15) is 61.4 Å². The predicted molar refractivity (Wildman–Crippen MR) is 131 cm³/mol. The van der Waals surface area contributed by atoms with Crippen molar-refractivity contribution in [2.45, 2.75) is 62.9 Å². The van der Waals surface area contributed by atoms with E-state index in [1.54, 1.807) is 18.2 Å². The summed E-state index contributed by atoms with van der Waals surface area (Å²) in [5, 5.41) is 2.67. The van der Waals surface area contributed by atoms with E-state index in [0.29, 0.717) is 23.3 Å². The maximum atomic E-state index is 13.9. The lowest BCUT2D eigenvalue weighted by Crippen LogP contribution is -2.55. The number of ether oxygens (including phenoxy) is 1. The van der Waals surface area contributed by atoms with Gasteiger partial charge in [0.05, 0.1) is 7.11 Å². The SMILES string of the molecule is COc1ccc(C(=O)NCc2ccccc2F)cc1S(=O)(=O)NC(C)C12CC3CC(CC(C3)C1)C2. The number of sulfonamides is 1. The molecule has 6 rings (SSSR count). The highest BCUT2D eigenvalue weighted by Gasteiger charge is 2.53. The van der Waals surface area contributed by atoms with Crippen molar-refractivity contribution in [3.8, 4) is 5.75 Å². The normalized spacial score (nSPS) is 28.0. The minimum atomic E-state index is -3.94. The molecule has 0 saturated heterocycles. The molecule has 4 aliphatic rings. The molecule has 188 valence electrons. The molecular weight excluding hydrogens is 467 g/mol. The molecule has 6 nitrogen and oxygen atoms in total. The third kappa shape index (κ3) is 4.70. The van der Waals surface area contributed by atoms with Gasteiger partial charge in [0.15, 0.2) is 0 Å². The van der Waals surface area contributed by atoms with Crippen LogP contribution in [0.25, 0.3) is 0 Å². The summed E-state index contributed by atoms with van der Waals surface area (Å²) in [6, 6.07) is 10.3. The number of halogens is 1. The molecule has 0 spiro atoms. The van der Waals surface area contributed by atoms with Crippen LogP contribution in [0.2, 0.25) is 0 Å². The van der Waals surface area contributed by atoms with Crippen molar-refractivity contribution >= 4 is 15.9 Å². The van der Waals surface area contributed by atoms with Crippen LogP contribution in [0.5, 0.6) is 5.75 Å². The van der Waals surface area contributed by atoms with E-state index in [0.717, 1.165) is 19.3 Å². The Morgan fingerprint density at radius 2 is 1.71 bits per heavy atom. The minimum Gasteiger partial charge on any atom is -0.495 e. The summed E-state index contributed by atoms with van der Waals surface area (Å²) in [5.74, 6) is 1.42. The fourth-order valence-electron chi connectivity index (χ4n) is 7.08. The second-order valence-corrected chi connectivity index (χ2v) is 12.4. The highest BCUT2D eigenvalue weighted by molar-refractivity contribution is 7.89. The molecule has 1 amide bonds. The van der Waals surface area contributed by atoms with Gasteiger partial charge in [0.25, 0.3) is 5.91 Å². The number of rotatable bonds is 8. The first-order chi connectivity index (χ1) is 16.7. The summed E-state index contributed by atoms with van der Waals surface area (Å²) in [4.78, 5) is 12.7. The second-order valence-electron chi connectivity index (χ2n) is 10.8. The van der Waals surface area contributed by atoms with Gasteiger partial charge < -0.3 is 10.1 Å². The summed E-state index contributed by atoms with van der Waals surface area (Å²) in [7, 11) is -2.53. The van der Waals surface area contributed by atoms with Gasteiger partial charge in [-0.1, -0.05) is 18.2 Å². The van der Waals surface area contributed by atoms with Crippen molar-refractivity contribution in [2.75, 3.05) is 7.11 Å². The maximum Gasteiger partial charge on any atom is 0.251 e. The van der Waals surface area contributed by atoms with Gasteiger partial charge in [-0.25, -0.2) is 17.5 Å². The van der Waals surface area contributed by atoms with Crippen LogP contribution >= 0.6 is 0 Å². The van der Waals surface area contributed by atoms with Crippen LogP contribution in [-0.4, -0.2) is 27.5 Å². The number of hydrogen-bond acceptors (Lipinski definition) is 4. The van der Waals surface area contributed by atoms with Crippen molar-refractivity contribution in [3.05, 3.63) is 59.4 Å². The Balaban J connectivity index is 1.35. The number of amides is 1. The van der Waals surface area contributed by atoms with Crippen LogP contribution in [0.3, 0.4) is 0 Å². The lowest BCUT2D eigenvalue weighted by molar-refractivity contribution is -0.0666. The average Bonchev–Trinajstić information content (AvgIpc) is 2.82. The molecular formula is C27H33FN2O4S. The summed E-state index contributed by atoms with van der Waals surface area (Å²) >= 11 is 0. The largest absolute Gasteiger partial charge is 0.495 e. The van der Waals surface area contributed by atoms with E-state index in [-0.39, 0.29) is 34.2 Å². The van der Waals surface area contributed by atoms with Crippen molar-refractivity contribution in [1.82, 2.24) is 10.0 Å². The van der Waals surface area contributed by atoms with Crippen molar-refractivity contribution in [2.24, 2.45) is 23.2 Å². The third-order valence-electron chi connectivity index (χ3n) is 8.45. The Morgan fingerprint density at radius 1 is 1.09 bits per heavy atom. The first-order valence-corrected chi connectivity index (χ1v) is 13.9. The highest BCUT2D eigenvalue weighted by atomic mass is 32.2. The Labute approximate surface area is 206 Å². The van der Waals surface area contributed by atoms with Gasteiger partial charge in [-0.05, 0) is 92.9 Å². The summed E-state index contributed by atoms with van der Waals surface area (Å²) in [6.45, 7) is 1.99. The molecule has 4 fully saturated rings. The van der Waals surface area contributed by atoms with Gasteiger partial charge in [-0.2, -0.15) is 0 Å². The van der Waals surface area contributed by atoms with Gasteiger partial charge in [0.1, 0.15) is 16.5 Å².